The first-order valence-electron chi connectivity index (χ1n) is 8.14. The molecule has 1 amide bonds. The molecule has 0 aliphatic carbocycles. The summed E-state index contributed by atoms with van der Waals surface area (Å²) >= 11 is 2.03. The first kappa shape index (κ1) is 15.8. The van der Waals surface area contributed by atoms with Crippen molar-refractivity contribution in [2.45, 2.75) is 44.4 Å². The molecule has 120 valence electrons. The van der Waals surface area contributed by atoms with Crippen LogP contribution in [0, 0.1) is 0 Å². The van der Waals surface area contributed by atoms with E-state index in [4.69, 9.17) is 4.74 Å². The topological polar surface area (TPSA) is 50.4 Å². The second-order valence-electron chi connectivity index (χ2n) is 5.99. The third-order valence-electron chi connectivity index (χ3n) is 4.17. The molecule has 0 aromatic heterocycles. The molecule has 0 bridgehead atoms. The predicted molar refractivity (Wildman–Crippen MR) is 91.2 cm³/mol. The van der Waals surface area contributed by atoms with E-state index in [1.54, 1.807) is 0 Å². The van der Waals surface area contributed by atoms with Gasteiger partial charge in [0.25, 0.3) is 5.91 Å². The van der Waals surface area contributed by atoms with Crippen LogP contribution >= 0.6 is 11.8 Å². The number of carbonyl (C=O) groups is 1. The summed E-state index contributed by atoms with van der Waals surface area (Å²) in [6, 6.07) is 8.70. The molecular formula is C17H24N2O2S. The zero-order chi connectivity index (χ0) is 15.2. The second kappa shape index (κ2) is 7.99. The van der Waals surface area contributed by atoms with Crippen LogP contribution in [0.5, 0.6) is 0 Å². The largest absolute Gasteiger partial charge is 0.368 e. The van der Waals surface area contributed by atoms with Crippen LogP contribution in [0.25, 0.3) is 0 Å². The summed E-state index contributed by atoms with van der Waals surface area (Å²) in [5.74, 6) is 2.48. The van der Waals surface area contributed by atoms with E-state index >= 15 is 0 Å². The highest BCUT2D eigenvalue weighted by Crippen LogP contribution is 2.19. The summed E-state index contributed by atoms with van der Waals surface area (Å²) in [4.78, 5) is 12.1. The molecule has 2 heterocycles. The highest BCUT2D eigenvalue weighted by Gasteiger charge is 2.23. The average Bonchev–Trinajstić information content (AvgIpc) is 3.09. The summed E-state index contributed by atoms with van der Waals surface area (Å²) in [5.41, 5.74) is 2.07. The molecule has 3 rings (SSSR count). The van der Waals surface area contributed by atoms with Crippen LogP contribution in [-0.4, -0.2) is 36.2 Å². The van der Waals surface area contributed by atoms with Gasteiger partial charge in [0.05, 0.1) is 0 Å². The van der Waals surface area contributed by atoms with Gasteiger partial charge in [0, 0.05) is 30.6 Å². The number of benzene rings is 1. The highest BCUT2D eigenvalue weighted by molar-refractivity contribution is 7.99. The van der Waals surface area contributed by atoms with E-state index in [2.05, 4.69) is 22.8 Å². The first-order chi connectivity index (χ1) is 10.8. The van der Waals surface area contributed by atoms with Crippen molar-refractivity contribution >= 4 is 23.4 Å². The highest BCUT2D eigenvalue weighted by atomic mass is 32.2. The number of anilines is 1. The van der Waals surface area contributed by atoms with Crippen molar-refractivity contribution in [3.05, 3.63) is 29.8 Å². The summed E-state index contributed by atoms with van der Waals surface area (Å²) in [5, 5.41) is 6.58. The molecule has 2 aliphatic heterocycles. The van der Waals surface area contributed by atoms with Gasteiger partial charge in [-0.25, -0.2) is 0 Å². The lowest BCUT2D eigenvalue weighted by Gasteiger charge is -2.22. The Hall–Kier alpha value is -1.04. The molecular weight excluding hydrogens is 296 g/mol. The maximum Gasteiger partial charge on any atom is 0.253 e. The SMILES string of the molecule is O=C(Nc1cccc(CN[C@H]2CCCSC2)c1)[C@@H]1CCCO1. The molecule has 4 nitrogen and oxygen atoms in total. The Kier molecular flexibility index (Phi) is 5.76. The number of nitrogens with one attached hydrogen (secondary N) is 2. The Morgan fingerprint density at radius 3 is 3.05 bits per heavy atom. The number of amides is 1. The van der Waals surface area contributed by atoms with Crippen molar-refractivity contribution in [2.24, 2.45) is 0 Å². The zero-order valence-corrected chi connectivity index (χ0v) is 13.7. The summed E-state index contributed by atoms with van der Waals surface area (Å²) in [7, 11) is 0. The number of rotatable bonds is 5. The summed E-state index contributed by atoms with van der Waals surface area (Å²) < 4.78 is 5.42. The molecule has 5 heteroatoms. The van der Waals surface area contributed by atoms with Crippen molar-refractivity contribution in [3.63, 3.8) is 0 Å². The number of hydrogen-bond donors (Lipinski definition) is 2. The van der Waals surface area contributed by atoms with Crippen molar-refractivity contribution in [3.8, 4) is 0 Å². The standard InChI is InChI=1S/C17H24N2O2S/c20-17(16-7-2-8-21-16)19-14-5-1-4-13(10-14)11-18-15-6-3-9-22-12-15/h1,4-5,10,15-16,18H,2-3,6-9,11-12H2,(H,19,20)/t15-,16-/m0/s1. The fraction of sp³-hybridized carbons (Fsp3) is 0.588. The Balaban J connectivity index is 1.51. The van der Waals surface area contributed by atoms with Gasteiger partial charge in [0.15, 0.2) is 0 Å². The van der Waals surface area contributed by atoms with E-state index in [1.165, 1.54) is 29.9 Å². The van der Waals surface area contributed by atoms with Gasteiger partial charge in [-0.3, -0.25) is 4.79 Å². The van der Waals surface area contributed by atoms with Crippen LogP contribution in [0.4, 0.5) is 5.69 Å². The summed E-state index contributed by atoms with van der Waals surface area (Å²) in [6.45, 7) is 1.55. The molecule has 2 saturated heterocycles. The van der Waals surface area contributed by atoms with Gasteiger partial charge in [0.2, 0.25) is 0 Å². The number of carbonyl (C=O) groups excluding carboxylic acids is 1. The van der Waals surface area contributed by atoms with Crippen LogP contribution in [0.1, 0.15) is 31.2 Å². The Morgan fingerprint density at radius 2 is 2.27 bits per heavy atom. The van der Waals surface area contributed by atoms with Gasteiger partial charge in [-0.05, 0) is 49.1 Å². The van der Waals surface area contributed by atoms with Crippen LogP contribution in [-0.2, 0) is 16.1 Å². The van der Waals surface area contributed by atoms with Crippen molar-refractivity contribution in [2.75, 3.05) is 23.4 Å². The molecule has 1 aromatic carbocycles. The zero-order valence-electron chi connectivity index (χ0n) is 12.8. The molecule has 0 spiro atoms. The van der Waals surface area contributed by atoms with Gasteiger partial charge in [-0.1, -0.05) is 12.1 Å². The molecule has 0 saturated carbocycles. The van der Waals surface area contributed by atoms with Crippen LogP contribution in [0.3, 0.4) is 0 Å². The average molecular weight is 320 g/mol. The van der Waals surface area contributed by atoms with E-state index in [0.717, 1.165) is 25.1 Å². The number of thioether (sulfide) groups is 1. The Morgan fingerprint density at radius 1 is 1.32 bits per heavy atom. The minimum absolute atomic E-state index is 0.0220. The molecule has 2 fully saturated rings. The van der Waals surface area contributed by atoms with Gasteiger partial charge in [-0.2, -0.15) is 11.8 Å². The van der Waals surface area contributed by atoms with Crippen molar-refractivity contribution in [1.29, 1.82) is 0 Å². The first-order valence-corrected chi connectivity index (χ1v) is 9.29. The van der Waals surface area contributed by atoms with Gasteiger partial charge >= 0.3 is 0 Å². The van der Waals surface area contributed by atoms with E-state index in [0.29, 0.717) is 12.6 Å². The maximum absolute atomic E-state index is 12.1. The molecule has 0 unspecified atom stereocenters. The lowest BCUT2D eigenvalue weighted by molar-refractivity contribution is -0.124. The summed E-state index contributed by atoms with van der Waals surface area (Å²) in [6.07, 6.45) is 4.09. The van der Waals surface area contributed by atoms with Crippen molar-refractivity contribution < 1.29 is 9.53 Å². The van der Waals surface area contributed by atoms with E-state index in [9.17, 15) is 4.79 Å². The normalized spacial score (nSPS) is 25.1. The number of ether oxygens (including phenoxy) is 1. The lowest BCUT2D eigenvalue weighted by atomic mass is 10.1. The van der Waals surface area contributed by atoms with Crippen molar-refractivity contribution in [1.82, 2.24) is 5.32 Å². The van der Waals surface area contributed by atoms with Crippen LogP contribution in [0.2, 0.25) is 0 Å². The van der Waals surface area contributed by atoms with E-state index in [1.807, 2.05) is 23.9 Å². The van der Waals surface area contributed by atoms with Gasteiger partial charge < -0.3 is 15.4 Å². The minimum Gasteiger partial charge on any atom is -0.368 e. The Bertz CT molecular complexity index is 497. The fourth-order valence-corrected chi connectivity index (χ4v) is 4.04. The third kappa shape index (κ3) is 4.48. The van der Waals surface area contributed by atoms with Crippen LogP contribution in [0.15, 0.2) is 24.3 Å². The number of hydrogen-bond acceptors (Lipinski definition) is 4. The second-order valence-corrected chi connectivity index (χ2v) is 7.14. The molecule has 2 aliphatic rings. The quantitative estimate of drug-likeness (QED) is 0.876. The van der Waals surface area contributed by atoms with Gasteiger partial charge in [-0.15, -0.1) is 0 Å². The molecule has 2 N–H and O–H groups in total. The lowest BCUT2D eigenvalue weighted by Crippen LogP contribution is -2.33. The third-order valence-corrected chi connectivity index (χ3v) is 5.39. The Labute approximate surface area is 136 Å². The smallest absolute Gasteiger partial charge is 0.253 e. The molecule has 22 heavy (non-hydrogen) atoms. The van der Waals surface area contributed by atoms with E-state index in [-0.39, 0.29) is 12.0 Å². The molecule has 1 aromatic rings. The van der Waals surface area contributed by atoms with Gasteiger partial charge in [0.1, 0.15) is 6.10 Å². The van der Waals surface area contributed by atoms with E-state index < -0.39 is 0 Å². The molecule has 2 atom stereocenters. The van der Waals surface area contributed by atoms with Crippen LogP contribution < -0.4 is 10.6 Å². The fourth-order valence-electron chi connectivity index (χ4n) is 2.93. The monoisotopic (exact) mass is 320 g/mol. The maximum atomic E-state index is 12.1. The molecule has 0 radical (unpaired) electrons. The predicted octanol–water partition coefficient (Wildman–Crippen LogP) is 2.79. The minimum atomic E-state index is -0.277.